The number of esters is 1. The van der Waals surface area contributed by atoms with Crippen molar-refractivity contribution < 1.29 is 29.3 Å². The number of aliphatic hydroxyl groups is 1. The maximum Gasteiger partial charge on any atom is 0.331 e. The molecule has 1 saturated heterocycles. The van der Waals surface area contributed by atoms with Gasteiger partial charge in [-0.25, -0.2) is 4.79 Å². The van der Waals surface area contributed by atoms with E-state index in [9.17, 15) is 9.59 Å². The highest BCUT2D eigenvalue weighted by molar-refractivity contribution is 5.91. The van der Waals surface area contributed by atoms with Gasteiger partial charge in [-0.3, -0.25) is 4.79 Å². The van der Waals surface area contributed by atoms with Crippen LogP contribution < -0.4 is 0 Å². The van der Waals surface area contributed by atoms with Gasteiger partial charge < -0.3 is 19.7 Å². The van der Waals surface area contributed by atoms with Crippen LogP contribution in [0.4, 0.5) is 0 Å². The molecule has 0 spiro atoms. The summed E-state index contributed by atoms with van der Waals surface area (Å²) in [6.07, 6.45) is -1.60. The van der Waals surface area contributed by atoms with Crippen LogP contribution in [0.3, 0.4) is 0 Å². The smallest absolute Gasteiger partial charge is 0.331 e. The van der Waals surface area contributed by atoms with Crippen LogP contribution in [0.2, 0.25) is 0 Å². The lowest BCUT2D eigenvalue weighted by atomic mass is 10.2. The fourth-order valence-electron chi connectivity index (χ4n) is 0.781. The number of aliphatic carboxylic acids is 1. The van der Waals surface area contributed by atoms with Crippen LogP contribution in [-0.2, 0) is 19.1 Å². The molecule has 0 aromatic heterocycles. The van der Waals surface area contributed by atoms with Gasteiger partial charge in [-0.15, -0.1) is 0 Å². The predicted molar refractivity (Wildman–Crippen MR) is 43.2 cm³/mol. The Balaban J connectivity index is 2.24. The highest BCUT2D eigenvalue weighted by Crippen LogP contribution is 2.23. The van der Waals surface area contributed by atoms with E-state index in [1.807, 2.05) is 0 Å². The number of aliphatic hydroxyl groups excluding tert-OH is 1. The zero-order chi connectivity index (χ0) is 10.7. The molecule has 14 heavy (non-hydrogen) atoms. The van der Waals surface area contributed by atoms with Crippen molar-refractivity contribution in [2.24, 2.45) is 0 Å². The molecule has 1 aliphatic rings. The molecule has 2 N–H and O–H groups in total. The Bertz CT molecular complexity index is 271. The van der Waals surface area contributed by atoms with Gasteiger partial charge >= 0.3 is 11.9 Å². The maximum atomic E-state index is 11.0. The lowest BCUT2D eigenvalue weighted by Crippen LogP contribution is -2.13. The van der Waals surface area contributed by atoms with Crippen molar-refractivity contribution >= 4 is 11.9 Å². The number of hydrogen-bond acceptors (Lipinski definition) is 5. The van der Waals surface area contributed by atoms with E-state index in [1.165, 1.54) is 0 Å². The molecule has 1 heterocycles. The summed E-state index contributed by atoms with van der Waals surface area (Å²) in [4.78, 5) is 21.2. The Hall–Kier alpha value is -1.40. The van der Waals surface area contributed by atoms with E-state index in [0.717, 1.165) is 0 Å². The van der Waals surface area contributed by atoms with Crippen LogP contribution in [-0.4, -0.2) is 41.2 Å². The number of carboxylic acids is 1. The number of rotatable bonds is 5. The van der Waals surface area contributed by atoms with Crippen LogP contribution >= 0.6 is 0 Å². The van der Waals surface area contributed by atoms with Gasteiger partial charge in [0.05, 0.1) is 13.0 Å². The number of ether oxygens (including phenoxy) is 2. The molecule has 1 rings (SSSR count). The first kappa shape index (κ1) is 10.7. The van der Waals surface area contributed by atoms with Gasteiger partial charge in [0.1, 0.15) is 6.10 Å². The normalized spacial score (nSPS) is 24.1. The van der Waals surface area contributed by atoms with Gasteiger partial charge in [-0.1, -0.05) is 6.58 Å². The van der Waals surface area contributed by atoms with Crippen molar-refractivity contribution in [3.8, 4) is 0 Å². The van der Waals surface area contributed by atoms with E-state index in [4.69, 9.17) is 14.9 Å². The molecule has 0 bridgehead atoms. The number of carbonyl (C=O) groups excluding carboxylic acids is 1. The highest BCUT2D eigenvalue weighted by atomic mass is 16.8. The lowest BCUT2D eigenvalue weighted by molar-refractivity contribution is -0.149. The quantitative estimate of drug-likeness (QED) is 0.347. The molecule has 0 saturated carbocycles. The third kappa shape index (κ3) is 2.82. The average Bonchev–Trinajstić information content (AvgIpc) is 2.82. The van der Waals surface area contributed by atoms with Gasteiger partial charge in [0.2, 0.25) is 6.29 Å². The summed E-state index contributed by atoms with van der Waals surface area (Å²) in [5, 5.41) is 16.9. The second-order valence-corrected chi connectivity index (χ2v) is 2.80. The molecule has 0 aromatic rings. The van der Waals surface area contributed by atoms with Crippen LogP contribution in [0.1, 0.15) is 6.42 Å². The molecule has 78 valence electrons. The van der Waals surface area contributed by atoms with Crippen LogP contribution in [0.15, 0.2) is 12.2 Å². The van der Waals surface area contributed by atoms with Crippen LogP contribution in [0.5, 0.6) is 0 Å². The summed E-state index contributed by atoms with van der Waals surface area (Å²) in [6, 6.07) is 0. The van der Waals surface area contributed by atoms with E-state index >= 15 is 0 Å². The van der Waals surface area contributed by atoms with Crippen LogP contribution in [0.25, 0.3) is 0 Å². The standard InChI is InChI=1S/C8H10O6/c1-4(7(11)12)2-6(10)14-8-5(3-9)13-8/h5,8-9H,1-3H2,(H,11,12). The first-order valence-electron chi connectivity index (χ1n) is 3.91. The highest BCUT2D eigenvalue weighted by Gasteiger charge is 2.42. The van der Waals surface area contributed by atoms with E-state index < -0.39 is 24.3 Å². The molecule has 0 amide bonds. The summed E-state index contributed by atoms with van der Waals surface area (Å²) in [7, 11) is 0. The Morgan fingerprint density at radius 3 is 2.57 bits per heavy atom. The van der Waals surface area contributed by atoms with E-state index in [-0.39, 0.29) is 18.6 Å². The maximum absolute atomic E-state index is 11.0. The summed E-state index contributed by atoms with van der Waals surface area (Å²) in [6.45, 7) is 2.95. The average molecular weight is 202 g/mol. The molecule has 2 atom stereocenters. The molecular weight excluding hydrogens is 192 g/mol. The minimum Gasteiger partial charge on any atom is -0.478 e. The van der Waals surface area contributed by atoms with Crippen LogP contribution in [0, 0.1) is 0 Å². The SMILES string of the molecule is C=C(CC(=O)OC1OC1CO)C(=O)O. The third-order valence-electron chi connectivity index (χ3n) is 1.62. The molecule has 0 aromatic carbocycles. The Labute approximate surface area is 79.7 Å². The van der Waals surface area contributed by atoms with Crippen molar-refractivity contribution in [3.63, 3.8) is 0 Å². The minimum absolute atomic E-state index is 0.224. The fourth-order valence-corrected chi connectivity index (χ4v) is 0.781. The van der Waals surface area contributed by atoms with E-state index in [1.54, 1.807) is 0 Å². The lowest BCUT2D eigenvalue weighted by Gasteiger charge is -2.00. The zero-order valence-corrected chi connectivity index (χ0v) is 7.30. The number of hydrogen-bond donors (Lipinski definition) is 2. The largest absolute Gasteiger partial charge is 0.478 e. The Kier molecular flexibility index (Phi) is 3.21. The van der Waals surface area contributed by atoms with Gasteiger partial charge in [-0.2, -0.15) is 0 Å². The summed E-state index contributed by atoms with van der Waals surface area (Å²) >= 11 is 0. The molecule has 6 nitrogen and oxygen atoms in total. The summed E-state index contributed by atoms with van der Waals surface area (Å²) in [5.41, 5.74) is -0.240. The van der Waals surface area contributed by atoms with Crippen molar-refractivity contribution in [2.75, 3.05) is 6.61 Å². The monoisotopic (exact) mass is 202 g/mol. The zero-order valence-electron chi connectivity index (χ0n) is 7.30. The molecule has 1 fully saturated rings. The van der Waals surface area contributed by atoms with Crippen molar-refractivity contribution in [1.29, 1.82) is 0 Å². The molecule has 6 heteroatoms. The Morgan fingerprint density at radius 2 is 2.14 bits per heavy atom. The summed E-state index contributed by atoms with van der Waals surface area (Å²) in [5.74, 6) is -1.96. The molecular formula is C8H10O6. The number of carboxylic acid groups (broad SMARTS) is 1. The first-order chi connectivity index (χ1) is 6.54. The summed E-state index contributed by atoms with van der Waals surface area (Å²) < 4.78 is 9.35. The molecule has 2 unspecified atom stereocenters. The third-order valence-corrected chi connectivity index (χ3v) is 1.62. The fraction of sp³-hybridized carbons (Fsp3) is 0.500. The Morgan fingerprint density at radius 1 is 1.50 bits per heavy atom. The second-order valence-electron chi connectivity index (χ2n) is 2.80. The van der Waals surface area contributed by atoms with Gasteiger partial charge in [0.15, 0.2) is 0 Å². The predicted octanol–water partition coefficient (Wildman–Crippen LogP) is -0.722. The van der Waals surface area contributed by atoms with E-state index in [0.29, 0.717) is 0 Å². The minimum atomic E-state index is -1.24. The van der Waals surface area contributed by atoms with Gasteiger partial charge in [0, 0.05) is 5.57 Å². The second kappa shape index (κ2) is 4.21. The van der Waals surface area contributed by atoms with Gasteiger partial charge in [-0.05, 0) is 0 Å². The molecule has 0 radical (unpaired) electrons. The van der Waals surface area contributed by atoms with Crippen molar-refractivity contribution in [2.45, 2.75) is 18.8 Å². The molecule has 1 aliphatic heterocycles. The number of carbonyl (C=O) groups is 2. The van der Waals surface area contributed by atoms with Crippen molar-refractivity contribution in [3.05, 3.63) is 12.2 Å². The topological polar surface area (TPSA) is 96.4 Å². The van der Waals surface area contributed by atoms with Gasteiger partial charge in [0.25, 0.3) is 0 Å². The molecule has 0 aliphatic carbocycles. The first-order valence-corrected chi connectivity index (χ1v) is 3.91. The number of epoxide rings is 1. The van der Waals surface area contributed by atoms with Crippen molar-refractivity contribution in [1.82, 2.24) is 0 Å². The van der Waals surface area contributed by atoms with E-state index in [2.05, 4.69) is 11.3 Å².